The van der Waals surface area contributed by atoms with Crippen molar-refractivity contribution in [2.75, 3.05) is 33.3 Å². The number of nitrogens with zero attached hydrogens (tertiary/aromatic N) is 2. The molecule has 3 rings (SSSR count). The van der Waals surface area contributed by atoms with Gasteiger partial charge in [0.2, 0.25) is 5.91 Å². The molecule has 1 aliphatic heterocycles. The van der Waals surface area contributed by atoms with E-state index in [0.29, 0.717) is 5.91 Å². The fourth-order valence-corrected chi connectivity index (χ4v) is 3.79. The van der Waals surface area contributed by atoms with Gasteiger partial charge in [-0.25, -0.2) is 0 Å². The maximum atomic E-state index is 12.4. The van der Waals surface area contributed by atoms with E-state index in [0.717, 1.165) is 50.9 Å². The quantitative estimate of drug-likeness (QED) is 0.512. The van der Waals surface area contributed by atoms with E-state index in [2.05, 4.69) is 36.1 Å². The highest BCUT2D eigenvalue weighted by Gasteiger charge is 2.35. The lowest BCUT2D eigenvalue weighted by Gasteiger charge is -2.40. The molecule has 0 aromatic heterocycles. The van der Waals surface area contributed by atoms with Gasteiger partial charge in [-0.2, -0.15) is 0 Å². The molecule has 0 bridgehead atoms. The Labute approximate surface area is 164 Å². The molecule has 2 fully saturated rings. The molecule has 0 unspecified atom stereocenters. The lowest BCUT2D eigenvalue weighted by molar-refractivity contribution is -0.140. The summed E-state index contributed by atoms with van der Waals surface area (Å²) in [7, 11) is 1.96. The summed E-state index contributed by atoms with van der Waals surface area (Å²) in [5.41, 5.74) is 1.29. The molecule has 150 valence electrons. The van der Waals surface area contributed by atoms with Crippen LogP contribution in [0.4, 0.5) is 0 Å². The number of carbonyl (C=O) groups is 1. The molecule has 0 atom stereocenters. The van der Waals surface area contributed by atoms with E-state index in [1.807, 2.05) is 11.9 Å². The van der Waals surface area contributed by atoms with Gasteiger partial charge in [-0.05, 0) is 42.9 Å². The maximum absolute atomic E-state index is 12.4. The van der Waals surface area contributed by atoms with Crippen molar-refractivity contribution in [1.82, 2.24) is 9.80 Å². The van der Waals surface area contributed by atoms with Crippen molar-refractivity contribution in [3.05, 3.63) is 29.8 Å². The van der Waals surface area contributed by atoms with Gasteiger partial charge in [0.15, 0.2) is 0 Å². The highest BCUT2D eigenvalue weighted by molar-refractivity contribution is 5.80. The SMILES string of the molecule is CCCCCCCOc1ccc(CN2CC(C(=O)N(C)CC3CC3)C2)cc1. The fraction of sp³-hybridized carbons (Fsp3) is 0.696. The first-order chi connectivity index (χ1) is 13.2. The molecule has 0 spiro atoms. The van der Waals surface area contributed by atoms with Gasteiger partial charge in [0.1, 0.15) is 5.75 Å². The zero-order chi connectivity index (χ0) is 19.1. The van der Waals surface area contributed by atoms with Crippen LogP contribution in [0.2, 0.25) is 0 Å². The van der Waals surface area contributed by atoms with Gasteiger partial charge in [-0.3, -0.25) is 9.69 Å². The molecule has 1 saturated heterocycles. The van der Waals surface area contributed by atoms with Gasteiger partial charge >= 0.3 is 0 Å². The van der Waals surface area contributed by atoms with Crippen LogP contribution >= 0.6 is 0 Å². The minimum Gasteiger partial charge on any atom is -0.494 e. The van der Waals surface area contributed by atoms with Crippen molar-refractivity contribution in [2.24, 2.45) is 11.8 Å². The van der Waals surface area contributed by atoms with E-state index in [9.17, 15) is 4.79 Å². The average molecular weight is 373 g/mol. The third-order valence-electron chi connectivity index (χ3n) is 5.76. The second-order valence-electron chi connectivity index (χ2n) is 8.46. The second kappa shape index (κ2) is 10.1. The minimum absolute atomic E-state index is 0.198. The summed E-state index contributed by atoms with van der Waals surface area (Å²) in [5.74, 6) is 2.27. The molecule has 4 heteroatoms. The van der Waals surface area contributed by atoms with Crippen molar-refractivity contribution >= 4 is 5.91 Å². The Morgan fingerprint density at radius 2 is 1.81 bits per heavy atom. The van der Waals surface area contributed by atoms with Gasteiger partial charge in [-0.1, -0.05) is 44.7 Å². The Morgan fingerprint density at radius 1 is 1.11 bits per heavy atom. The van der Waals surface area contributed by atoms with Gasteiger partial charge in [-0.15, -0.1) is 0 Å². The molecule has 0 radical (unpaired) electrons. The van der Waals surface area contributed by atoms with Crippen molar-refractivity contribution < 1.29 is 9.53 Å². The lowest BCUT2D eigenvalue weighted by Crippen LogP contribution is -2.53. The maximum Gasteiger partial charge on any atom is 0.228 e. The third-order valence-corrected chi connectivity index (χ3v) is 5.76. The summed E-state index contributed by atoms with van der Waals surface area (Å²) in [6.07, 6.45) is 8.92. The van der Waals surface area contributed by atoms with Crippen molar-refractivity contribution in [2.45, 2.75) is 58.4 Å². The molecular formula is C23H36N2O2. The Morgan fingerprint density at radius 3 is 2.48 bits per heavy atom. The van der Waals surface area contributed by atoms with Crippen LogP contribution in [0.1, 0.15) is 57.4 Å². The van der Waals surface area contributed by atoms with Crippen LogP contribution in [0.25, 0.3) is 0 Å². The molecule has 4 nitrogen and oxygen atoms in total. The number of unbranched alkanes of at least 4 members (excludes halogenated alkanes) is 4. The van der Waals surface area contributed by atoms with E-state index in [1.165, 1.54) is 44.1 Å². The van der Waals surface area contributed by atoms with Gasteiger partial charge in [0.05, 0.1) is 12.5 Å². The van der Waals surface area contributed by atoms with Crippen molar-refractivity contribution in [3.8, 4) is 5.75 Å². The average Bonchev–Trinajstić information content (AvgIpc) is 3.45. The molecule has 1 aromatic rings. The van der Waals surface area contributed by atoms with E-state index in [4.69, 9.17) is 4.74 Å². The number of hydrogen-bond donors (Lipinski definition) is 0. The highest BCUT2D eigenvalue weighted by Crippen LogP contribution is 2.30. The predicted octanol–water partition coefficient (Wildman–Crippen LogP) is 4.34. The normalized spacial score (nSPS) is 17.6. The van der Waals surface area contributed by atoms with Crippen LogP contribution in [-0.2, 0) is 11.3 Å². The minimum atomic E-state index is 0.198. The monoisotopic (exact) mass is 372 g/mol. The van der Waals surface area contributed by atoms with Crippen LogP contribution in [0.5, 0.6) is 5.75 Å². The summed E-state index contributed by atoms with van der Waals surface area (Å²) >= 11 is 0. The van der Waals surface area contributed by atoms with E-state index in [-0.39, 0.29) is 5.92 Å². The topological polar surface area (TPSA) is 32.8 Å². The first kappa shape index (κ1) is 20.2. The summed E-state index contributed by atoms with van der Waals surface area (Å²) in [6.45, 7) is 6.72. The molecule has 1 aromatic carbocycles. The number of amides is 1. The standard InChI is InChI=1S/C23H36N2O2/c1-3-4-5-6-7-14-27-22-12-10-20(11-13-22)16-25-17-21(18-25)23(26)24(2)15-19-8-9-19/h10-13,19,21H,3-9,14-18H2,1-2H3. The molecule has 27 heavy (non-hydrogen) atoms. The van der Waals surface area contributed by atoms with Crippen LogP contribution in [0.3, 0.4) is 0 Å². The Balaban J connectivity index is 1.30. The molecule has 1 amide bonds. The number of carbonyl (C=O) groups excluding carboxylic acids is 1. The highest BCUT2D eigenvalue weighted by atomic mass is 16.5. The van der Waals surface area contributed by atoms with Gasteiger partial charge in [0, 0.05) is 33.2 Å². The van der Waals surface area contributed by atoms with Crippen LogP contribution < -0.4 is 4.74 Å². The third kappa shape index (κ3) is 6.53. The van der Waals surface area contributed by atoms with Crippen molar-refractivity contribution in [1.29, 1.82) is 0 Å². The molecule has 2 aliphatic rings. The van der Waals surface area contributed by atoms with E-state index >= 15 is 0 Å². The predicted molar refractivity (Wildman–Crippen MR) is 110 cm³/mol. The van der Waals surface area contributed by atoms with Crippen molar-refractivity contribution in [3.63, 3.8) is 0 Å². The Bertz CT molecular complexity index is 577. The number of likely N-dealkylation sites (tertiary alicyclic amines) is 1. The Kier molecular flexibility index (Phi) is 7.57. The van der Waals surface area contributed by atoms with E-state index < -0.39 is 0 Å². The van der Waals surface area contributed by atoms with Gasteiger partial charge in [0.25, 0.3) is 0 Å². The molecule has 1 saturated carbocycles. The fourth-order valence-electron chi connectivity index (χ4n) is 3.79. The second-order valence-corrected chi connectivity index (χ2v) is 8.46. The van der Waals surface area contributed by atoms with Crippen LogP contribution in [0, 0.1) is 11.8 Å². The lowest BCUT2D eigenvalue weighted by atomic mass is 9.97. The first-order valence-corrected chi connectivity index (χ1v) is 10.8. The number of hydrogen-bond acceptors (Lipinski definition) is 3. The smallest absolute Gasteiger partial charge is 0.228 e. The number of benzene rings is 1. The zero-order valence-electron chi connectivity index (χ0n) is 17.2. The largest absolute Gasteiger partial charge is 0.494 e. The van der Waals surface area contributed by atoms with Crippen LogP contribution in [-0.4, -0.2) is 49.0 Å². The summed E-state index contributed by atoms with van der Waals surface area (Å²) in [6, 6.07) is 8.46. The summed E-state index contributed by atoms with van der Waals surface area (Å²) in [5, 5.41) is 0. The number of rotatable bonds is 12. The molecule has 1 heterocycles. The summed E-state index contributed by atoms with van der Waals surface area (Å²) in [4.78, 5) is 16.7. The van der Waals surface area contributed by atoms with Crippen LogP contribution in [0.15, 0.2) is 24.3 Å². The molecule has 0 N–H and O–H groups in total. The molecule has 1 aliphatic carbocycles. The first-order valence-electron chi connectivity index (χ1n) is 10.8. The number of ether oxygens (including phenoxy) is 1. The van der Waals surface area contributed by atoms with Gasteiger partial charge < -0.3 is 9.64 Å². The van der Waals surface area contributed by atoms with E-state index in [1.54, 1.807) is 0 Å². The molecular weight excluding hydrogens is 336 g/mol. The zero-order valence-corrected chi connectivity index (χ0v) is 17.2. The Hall–Kier alpha value is -1.55. The summed E-state index contributed by atoms with van der Waals surface area (Å²) < 4.78 is 5.83.